The number of aliphatic hydroxyl groups is 1. The van der Waals surface area contributed by atoms with Crippen LogP contribution in [0.2, 0.25) is 0 Å². The van der Waals surface area contributed by atoms with Gasteiger partial charge in [-0.05, 0) is 33.6 Å². The minimum absolute atomic E-state index is 0.0221. The molecule has 2 heterocycles. The molecule has 2 aromatic rings. The highest BCUT2D eigenvalue weighted by molar-refractivity contribution is 9.10. The minimum atomic E-state index is -0.0221. The fraction of sp³-hybridized carbons (Fsp3) is 0.0909. The summed E-state index contributed by atoms with van der Waals surface area (Å²) in [7, 11) is 0. The summed E-state index contributed by atoms with van der Waals surface area (Å²) in [5.74, 6) is 1.08. The largest absolute Gasteiger partial charge is 0.437 e. The number of hydrogen-bond acceptors (Lipinski definition) is 4. The van der Waals surface area contributed by atoms with Crippen molar-refractivity contribution in [3.8, 4) is 11.6 Å². The van der Waals surface area contributed by atoms with E-state index in [0.717, 1.165) is 10.0 Å². The summed E-state index contributed by atoms with van der Waals surface area (Å²) in [4.78, 5) is 8.02. The van der Waals surface area contributed by atoms with Gasteiger partial charge in [-0.3, -0.25) is 4.98 Å². The number of hydrogen-bond donors (Lipinski definition) is 1. The predicted octanol–water partition coefficient (Wildman–Crippen LogP) is 2.52. The Hall–Kier alpha value is -1.46. The third kappa shape index (κ3) is 2.77. The molecule has 2 rings (SSSR count). The molecule has 4 nitrogen and oxygen atoms in total. The van der Waals surface area contributed by atoms with Crippen molar-refractivity contribution in [1.82, 2.24) is 9.97 Å². The average Bonchev–Trinajstić information content (AvgIpc) is 2.30. The molecule has 82 valence electrons. The molecule has 0 unspecified atom stereocenters. The second-order valence-corrected chi connectivity index (χ2v) is 4.02. The number of pyridine rings is 2. The van der Waals surface area contributed by atoms with Gasteiger partial charge in [-0.1, -0.05) is 0 Å². The quantitative estimate of drug-likeness (QED) is 0.939. The van der Waals surface area contributed by atoms with Crippen LogP contribution >= 0.6 is 15.9 Å². The van der Waals surface area contributed by atoms with Crippen LogP contribution in [-0.4, -0.2) is 15.1 Å². The monoisotopic (exact) mass is 280 g/mol. The smallest absolute Gasteiger partial charge is 0.219 e. The molecular formula is C11H9BrN2O2. The van der Waals surface area contributed by atoms with Gasteiger partial charge in [0, 0.05) is 22.9 Å². The van der Waals surface area contributed by atoms with Crippen LogP contribution in [0.25, 0.3) is 0 Å². The van der Waals surface area contributed by atoms with E-state index in [1.54, 1.807) is 36.8 Å². The zero-order valence-electron chi connectivity index (χ0n) is 8.30. The molecule has 16 heavy (non-hydrogen) atoms. The minimum Gasteiger partial charge on any atom is -0.437 e. The van der Waals surface area contributed by atoms with Gasteiger partial charge in [0.15, 0.2) is 0 Å². The Morgan fingerprint density at radius 3 is 2.75 bits per heavy atom. The molecule has 0 spiro atoms. The van der Waals surface area contributed by atoms with Crippen LogP contribution in [0, 0.1) is 0 Å². The Morgan fingerprint density at radius 2 is 2.12 bits per heavy atom. The molecule has 0 aliphatic heterocycles. The van der Waals surface area contributed by atoms with Gasteiger partial charge in [0.2, 0.25) is 5.88 Å². The van der Waals surface area contributed by atoms with Crippen molar-refractivity contribution in [1.29, 1.82) is 0 Å². The summed E-state index contributed by atoms with van der Waals surface area (Å²) >= 11 is 3.30. The van der Waals surface area contributed by atoms with Gasteiger partial charge in [0.1, 0.15) is 5.75 Å². The molecular weight excluding hydrogens is 272 g/mol. The van der Waals surface area contributed by atoms with E-state index in [9.17, 15) is 0 Å². The van der Waals surface area contributed by atoms with E-state index in [1.807, 2.05) is 0 Å². The van der Waals surface area contributed by atoms with Crippen molar-refractivity contribution >= 4 is 15.9 Å². The van der Waals surface area contributed by atoms with Crippen molar-refractivity contribution < 1.29 is 9.84 Å². The van der Waals surface area contributed by atoms with Crippen LogP contribution < -0.4 is 4.74 Å². The zero-order chi connectivity index (χ0) is 11.4. The second-order valence-electron chi connectivity index (χ2n) is 3.10. The van der Waals surface area contributed by atoms with E-state index in [2.05, 4.69) is 25.9 Å². The lowest BCUT2D eigenvalue weighted by Crippen LogP contribution is -1.90. The van der Waals surface area contributed by atoms with Gasteiger partial charge < -0.3 is 9.84 Å². The first-order valence-corrected chi connectivity index (χ1v) is 5.41. The maximum Gasteiger partial charge on any atom is 0.219 e. The van der Waals surface area contributed by atoms with Gasteiger partial charge in [-0.15, -0.1) is 0 Å². The van der Waals surface area contributed by atoms with Crippen LogP contribution in [0.1, 0.15) is 5.56 Å². The number of halogens is 1. The number of aromatic nitrogens is 2. The summed E-state index contributed by atoms with van der Waals surface area (Å²) in [5, 5.41) is 8.86. The molecule has 0 amide bonds. The lowest BCUT2D eigenvalue weighted by atomic mass is 10.3. The molecule has 0 atom stereocenters. The molecule has 0 bridgehead atoms. The Morgan fingerprint density at radius 1 is 1.25 bits per heavy atom. The lowest BCUT2D eigenvalue weighted by molar-refractivity contribution is 0.281. The van der Waals surface area contributed by atoms with Gasteiger partial charge >= 0.3 is 0 Å². The number of nitrogens with zero attached hydrogens (tertiary/aromatic N) is 2. The van der Waals surface area contributed by atoms with E-state index < -0.39 is 0 Å². The highest BCUT2D eigenvalue weighted by Gasteiger charge is 2.00. The number of ether oxygens (including phenoxy) is 1. The second kappa shape index (κ2) is 5.05. The van der Waals surface area contributed by atoms with Gasteiger partial charge in [-0.2, -0.15) is 0 Å². The normalized spacial score (nSPS) is 10.1. The molecule has 5 heteroatoms. The third-order valence-electron chi connectivity index (χ3n) is 1.88. The van der Waals surface area contributed by atoms with E-state index >= 15 is 0 Å². The standard InChI is InChI=1S/C11H9BrN2O2/c12-9-3-10(6-13-5-9)16-11-2-1-8(7-15)4-14-11/h1-6,15H,7H2. The zero-order valence-corrected chi connectivity index (χ0v) is 9.89. The van der Waals surface area contributed by atoms with Crippen molar-refractivity contribution in [2.45, 2.75) is 6.61 Å². The molecule has 0 aliphatic carbocycles. The Kier molecular flexibility index (Phi) is 3.48. The first kappa shape index (κ1) is 11.0. The SMILES string of the molecule is OCc1ccc(Oc2cncc(Br)c2)nc1. The van der Waals surface area contributed by atoms with Crippen LogP contribution in [0.3, 0.4) is 0 Å². The molecule has 0 aliphatic rings. The van der Waals surface area contributed by atoms with Crippen LogP contribution in [0.15, 0.2) is 41.3 Å². The molecule has 0 saturated carbocycles. The van der Waals surface area contributed by atoms with Crippen molar-refractivity contribution in [2.24, 2.45) is 0 Å². The topological polar surface area (TPSA) is 55.2 Å². The summed E-state index contributed by atoms with van der Waals surface area (Å²) < 4.78 is 6.32. The highest BCUT2D eigenvalue weighted by atomic mass is 79.9. The highest BCUT2D eigenvalue weighted by Crippen LogP contribution is 2.21. The Balaban J connectivity index is 2.14. The first-order valence-electron chi connectivity index (χ1n) is 4.62. The number of aliphatic hydroxyl groups excluding tert-OH is 1. The van der Waals surface area contributed by atoms with E-state index in [1.165, 1.54) is 0 Å². The van der Waals surface area contributed by atoms with Gasteiger partial charge in [0.05, 0.1) is 12.8 Å². The molecule has 0 aromatic carbocycles. The van der Waals surface area contributed by atoms with E-state index in [0.29, 0.717) is 11.6 Å². The number of rotatable bonds is 3. The lowest BCUT2D eigenvalue weighted by Gasteiger charge is -2.04. The van der Waals surface area contributed by atoms with Crippen molar-refractivity contribution in [2.75, 3.05) is 0 Å². The fourth-order valence-corrected chi connectivity index (χ4v) is 1.48. The Bertz CT molecular complexity index is 474. The van der Waals surface area contributed by atoms with Crippen molar-refractivity contribution in [3.63, 3.8) is 0 Å². The molecule has 2 aromatic heterocycles. The molecule has 1 N–H and O–H groups in total. The first-order chi connectivity index (χ1) is 7.78. The van der Waals surface area contributed by atoms with Gasteiger partial charge in [-0.25, -0.2) is 4.98 Å². The summed E-state index contributed by atoms with van der Waals surface area (Å²) in [6.07, 6.45) is 4.85. The Labute approximate surface area is 101 Å². The van der Waals surface area contributed by atoms with Crippen LogP contribution in [0.5, 0.6) is 11.6 Å². The van der Waals surface area contributed by atoms with E-state index in [4.69, 9.17) is 9.84 Å². The predicted molar refractivity (Wildman–Crippen MR) is 62.2 cm³/mol. The third-order valence-corrected chi connectivity index (χ3v) is 2.32. The molecule has 0 saturated heterocycles. The maximum absolute atomic E-state index is 8.86. The summed E-state index contributed by atoms with van der Waals surface area (Å²) in [5.41, 5.74) is 0.750. The van der Waals surface area contributed by atoms with Crippen LogP contribution in [-0.2, 0) is 6.61 Å². The fourth-order valence-electron chi connectivity index (χ4n) is 1.13. The van der Waals surface area contributed by atoms with Gasteiger partial charge in [0.25, 0.3) is 0 Å². The van der Waals surface area contributed by atoms with Crippen molar-refractivity contribution in [3.05, 3.63) is 46.8 Å². The molecule has 0 fully saturated rings. The average molecular weight is 281 g/mol. The summed E-state index contributed by atoms with van der Waals surface area (Å²) in [6.45, 7) is -0.0221. The summed E-state index contributed by atoms with van der Waals surface area (Å²) in [6, 6.07) is 5.26. The van der Waals surface area contributed by atoms with Crippen LogP contribution in [0.4, 0.5) is 0 Å². The molecule has 0 radical (unpaired) electrons. The van der Waals surface area contributed by atoms with E-state index in [-0.39, 0.29) is 6.61 Å². The maximum atomic E-state index is 8.86.